The number of carbonyl (C=O) groups excluding carboxylic acids is 1. The number of amides is 1. The first-order chi connectivity index (χ1) is 8.65. The highest BCUT2D eigenvalue weighted by molar-refractivity contribution is 7.80. The summed E-state index contributed by atoms with van der Waals surface area (Å²) in [6, 6.07) is 3.80. The normalized spacial score (nSPS) is 11.3. The Kier molecular flexibility index (Phi) is 4.87. The van der Waals surface area contributed by atoms with Gasteiger partial charge in [-0.15, -0.1) is 12.6 Å². The molecule has 0 bridgehead atoms. The number of hydrogen-bond acceptors (Lipinski definition) is 4. The Bertz CT molecular complexity index is 481. The first-order valence-electron chi connectivity index (χ1n) is 6.15. The summed E-state index contributed by atoms with van der Waals surface area (Å²) in [5.74, 6) is 0. The van der Waals surface area contributed by atoms with Gasteiger partial charge in [-0.25, -0.2) is 4.79 Å². The average molecular weight is 282 g/mol. The number of ether oxygens (including phenoxy) is 1. The first-order valence-corrected chi connectivity index (χ1v) is 6.59. The predicted molar refractivity (Wildman–Crippen MR) is 81.0 cm³/mol. The second-order valence-electron chi connectivity index (χ2n) is 5.50. The second-order valence-corrected chi connectivity index (χ2v) is 5.98. The van der Waals surface area contributed by atoms with E-state index in [0.717, 1.165) is 21.7 Å². The molecule has 0 aliphatic rings. The van der Waals surface area contributed by atoms with Crippen molar-refractivity contribution in [3.05, 3.63) is 23.3 Å². The van der Waals surface area contributed by atoms with Crippen LogP contribution in [0.25, 0.3) is 0 Å². The molecular formula is C14H22N2O2S. The van der Waals surface area contributed by atoms with Gasteiger partial charge in [0.25, 0.3) is 0 Å². The molecule has 0 spiro atoms. The number of nitrogens with zero attached hydrogens (tertiary/aromatic N) is 1. The Balaban J connectivity index is 3.08. The van der Waals surface area contributed by atoms with Gasteiger partial charge >= 0.3 is 6.09 Å². The standard InChI is InChI=1S/C14H22N2O2S/c1-9-11(6-10(8-15)7-12(9)19)16(5)13(17)18-14(2,3)4/h6-7,19H,8,15H2,1-5H3. The molecule has 0 radical (unpaired) electrons. The molecule has 0 aromatic heterocycles. The molecule has 0 aliphatic heterocycles. The fraction of sp³-hybridized carbons (Fsp3) is 0.500. The van der Waals surface area contributed by atoms with E-state index >= 15 is 0 Å². The van der Waals surface area contributed by atoms with Crippen molar-refractivity contribution in [2.24, 2.45) is 5.73 Å². The number of thiol groups is 1. The quantitative estimate of drug-likeness (QED) is 0.819. The van der Waals surface area contributed by atoms with Crippen molar-refractivity contribution in [1.29, 1.82) is 0 Å². The van der Waals surface area contributed by atoms with Crippen LogP contribution in [0.15, 0.2) is 17.0 Å². The molecule has 0 saturated heterocycles. The molecule has 0 aliphatic carbocycles. The summed E-state index contributed by atoms with van der Waals surface area (Å²) in [6.45, 7) is 7.84. The van der Waals surface area contributed by atoms with E-state index in [1.165, 1.54) is 4.90 Å². The number of benzene rings is 1. The lowest BCUT2D eigenvalue weighted by molar-refractivity contribution is 0.0589. The van der Waals surface area contributed by atoms with Crippen LogP contribution >= 0.6 is 12.6 Å². The van der Waals surface area contributed by atoms with Crippen LogP contribution in [0.5, 0.6) is 0 Å². The van der Waals surface area contributed by atoms with Gasteiger partial charge in [-0.05, 0) is 51.0 Å². The van der Waals surface area contributed by atoms with Crippen LogP contribution in [0, 0.1) is 6.92 Å². The third-order valence-corrected chi connectivity index (χ3v) is 3.14. The van der Waals surface area contributed by atoms with Crippen LogP contribution in [-0.2, 0) is 11.3 Å². The third-order valence-electron chi connectivity index (χ3n) is 2.68. The Morgan fingerprint density at radius 2 is 2.00 bits per heavy atom. The van der Waals surface area contributed by atoms with Gasteiger partial charge in [-0.3, -0.25) is 4.90 Å². The van der Waals surface area contributed by atoms with Gasteiger partial charge in [0.2, 0.25) is 0 Å². The Morgan fingerprint density at radius 1 is 1.42 bits per heavy atom. The minimum absolute atomic E-state index is 0.391. The van der Waals surface area contributed by atoms with Crippen molar-refractivity contribution < 1.29 is 9.53 Å². The van der Waals surface area contributed by atoms with E-state index in [2.05, 4.69) is 12.6 Å². The van der Waals surface area contributed by atoms with Crippen LogP contribution in [0.3, 0.4) is 0 Å². The fourth-order valence-electron chi connectivity index (χ4n) is 1.64. The minimum atomic E-state index is -0.519. The summed E-state index contributed by atoms with van der Waals surface area (Å²) in [7, 11) is 1.68. The van der Waals surface area contributed by atoms with E-state index in [9.17, 15) is 4.79 Å². The maximum Gasteiger partial charge on any atom is 0.414 e. The van der Waals surface area contributed by atoms with Crippen molar-refractivity contribution >= 4 is 24.4 Å². The van der Waals surface area contributed by atoms with E-state index in [0.29, 0.717) is 6.54 Å². The highest BCUT2D eigenvalue weighted by Crippen LogP contribution is 2.28. The number of anilines is 1. The first kappa shape index (κ1) is 15.9. The molecule has 1 rings (SSSR count). The minimum Gasteiger partial charge on any atom is -0.443 e. The van der Waals surface area contributed by atoms with E-state index < -0.39 is 11.7 Å². The average Bonchev–Trinajstić information content (AvgIpc) is 2.29. The summed E-state index contributed by atoms with van der Waals surface area (Å²) in [4.78, 5) is 14.4. The maximum atomic E-state index is 12.1. The highest BCUT2D eigenvalue weighted by Gasteiger charge is 2.22. The molecule has 1 amide bonds. The lowest BCUT2D eigenvalue weighted by atomic mass is 10.1. The van der Waals surface area contributed by atoms with Gasteiger partial charge in [0.15, 0.2) is 0 Å². The number of carbonyl (C=O) groups is 1. The van der Waals surface area contributed by atoms with Crippen molar-refractivity contribution in [3.8, 4) is 0 Å². The predicted octanol–water partition coefficient (Wildman–Crippen LogP) is 3.11. The molecule has 0 saturated carbocycles. The van der Waals surface area contributed by atoms with Crippen LogP contribution in [0.1, 0.15) is 31.9 Å². The van der Waals surface area contributed by atoms with Crippen molar-refractivity contribution in [3.63, 3.8) is 0 Å². The lowest BCUT2D eigenvalue weighted by Crippen LogP contribution is -2.34. The van der Waals surface area contributed by atoms with Gasteiger partial charge in [0.05, 0.1) is 5.69 Å². The Labute approximate surface area is 120 Å². The summed E-state index contributed by atoms with van der Waals surface area (Å²) in [5, 5.41) is 0. The SMILES string of the molecule is Cc1c(S)cc(CN)cc1N(C)C(=O)OC(C)(C)C. The van der Waals surface area contributed by atoms with Gasteiger partial charge in [-0.2, -0.15) is 0 Å². The number of rotatable bonds is 2. The summed E-state index contributed by atoms with van der Waals surface area (Å²) in [6.07, 6.45) is -0.391. The van der Waals surface area contributed by atoms with Crippen molar-refractivity contribution in [2.45, 2.75) is 44.7 Å². The van der Waals surface area contributed by atoms with Gasteiger partial charge < -0.3 is 10.5 Å². The molecular weight excluding hydrogens is 260 g/mol. The summed E-state index contributed by atoms with van der Waals surface area (Å²) < 4.78 is 5.35. The van der Waals surface area contributed by atoms with E-state index in [1.807, 2.05) is 39.8 Å². The molecule has 0 unspecified atom stereocenters. The van der Waals surface area contributed by atoms with Crippen LogP contribution in [0.4, 0.5) is 10.5 Å². The molecule has 1 aromatic carbocycles. The Hall–Kier alpha value is -1.20. The topological polar surface area (TPSA) is 55.6 Å². The molecule has 0 heterocycles. The fourth-order valence-corrected chi connectivity index (χ4v) is 1.92. The van der Waals surface area contributed by atoms with Gasteiger partial charge in [0, 0.05) is 18.5 Å². The molecule has 2 N–H and O–H groups in total. The monoisotopic (exact) mass is 282 g/mol. The Morgan fingerprint density at radius 3 is 2.47 bits per heavy atom. The molecule has 106 valence electrons. The zero-order valence-electron chi connectivity index (χ0n) is 12.2. The number of hydrogen-bond donors (Lipinski definition) is 2. The molecule has 0 atom stereocenters. The second kappa shape index (κ2) is 5.84. The van der Waals surface area contributed by atoms with E-state index in [4.69, 9.17) is 10.5 Å². The lowest BCUT2D eigenvalue weighted by Gasteiger charge is -2.26. The number of nitrogens with two attached hydrogens (primary N) is 1. The molecule has 4 nitrogen and oxygen atoms in total. The zero-order valence-corrected chi connectivity index (χ0v) is 13.0. The van der Waals surface area contributed by atoms with E-state index in [1.54, 1.807) is 7.05 Å². The highest BCUT2D eigenvalue weighted by atomic mass is 32.1. The van der Waals surface area contributed by atoms with Gasteiger partial charge in [-0.1, -0.05) is 0 Å². The van der Waals surface area contributed by atoms with Crippen LogP contribution in [-0.4, -0.2) is 18.7 Å². The molecule has 5 heteroatoms. The summed E-state index contributed by atoms with van der Waals surface area (Å²) in [5.41, 5.74) is 7.75. The van der Waals surface area contributed by atoms with Crippen LogP contribution in [0.2, 0.25) is 0 Å². The van der Waals surface area contributed by atoms with Crippen molar-refractivity contribution in [2.75, 3.05) is 11.9 Å². The smallest absolute Gasteiger partial charge is 0.414 e. The largest absolute Gasteiger partial charge is 0.443 e. The molecule has 1 aromatic rings. The van der Waals surface area contributed by atoms with Crippen LogP contribution < -0.4 is 10.6 Å². The third kappa shape index (κ3) is 4.14. The van der Waals surface area contributed by atoms with Gasteiger partial charge in [0.1, 0.15) is 5.60 Å². The molecule has 19 heavy (non-hydrogen) atoms. The summed E-state index contributed by atoms with van der Waals surface area (Å²) >= 11 is 4.41. The zero-order chi connectivity index (χ0) is 14.8. The maximum absolute atomic E-state index is 12.1. The van der Waals surface area contributed by atoms with Crippen molar-refractivity contribution in [1.82, 2.24) is 0 Å². The molecule has 0 fully saturated rings. The van der Waals surface area contributed by atoms with E-state index in [-0.39, 0.29) is 0 Å².